The maximum Gasteiger partial charge on any atom is 0.252 e. The Morgan fingerprint density at radius 2 is 2.03 bits per heavy atom. The van der Waals surface area contributed by atoms with Crippen LogP contribution in [0.15, 0.2) is 42.9 Å². The normalized spacial score (nSPS) is 19.7. The fraction of sp³-hybridized carbons (Fsp3) is 0.435. The van der Waals surface area contributed by atoms with Crippen LogP contribution in [0, 0.1) is 5.92 Å². The molecule has 1 amide bonds. The van der Waals surface area contributed by atoms with Crippen LogP contribution in [0.4, 0.5) is 17.2 Å². The molecule has 1 aliphatic rings. The minimum Gasteiger partial charge on any atom is -0.365 e. The summed E-state index contributed by atoms with van der Waals surface area (Å²) in [5.41, 5.74) is 8.46. The van der Waals surface area contributed by atoms with Crippen molar-refractivity contribution in [3.05, 3.63) is 48.4 Å². The van der Waals surface area contributed by atoms with Crippen LogP contribution in [0.25, 0.3) is 5.52 Å². The number of quaternary nitrogens is 1. The van der Waals surface area contributed by atoms with Crippen LogP contribution in [-0.2, 0) is 0 Å². The Morgan fingerprint density at radius 3 is 2.80 bits per heavy atom. The van der Waals surface area contributed by atoms with Gasteiger partial charge in [-0.2, -0.15) is 5.10 Å². The Hall–Kier alpha value is -2.93. The second-order valence-electron chi connectivity index (χ2n) is 8.73. The summed E-state index contributed by atoms with van der Waals surface area (Å²) in [5.74, 6) is 1.12. The highest BCUT2D eigenvalue weighted by Crippen LogP contribution is 2.37. The van der Waals surface area contributed by atoms with Gasteiger partial charge in [-0.05, 0) is 31.4 Å². The molecule has 2 atom stereocenters. The van der Waals surface area contributed by atoms with Gasteiger partial charge in [-0.3, -0.25) is 9.28 Å². The van der Waals surface area contributed by atoms with Gasteiger partial charge in [-0.15, -0.1) is 0 Å². The molecule has 3 aromatic heterocycles. The van der Waals surface area contributed by atoms with Gasteiger partial charge >= 0.3 is 0 Å². The number of pyridine rings is 2. The number of primary amides is 1. The second-order valence-corrected chi connectivity index (χ2v) is 8.73. The maximum atomic E-state index is 12.1. The Bertz CT molecular complexity index is 1060. The van der Waals surface area contributed by atoms with Gasteiger partial charge in [-0.1, -0.05) is 19.4 Å². The fourth-order valence-electron chi connectivity index (χ4n) is 4.92. The van der Waals surface area contributed by atoms with E-state index < -0.39 is 5.91 Å². The molecule has 3 N–H and O–H groups in total. The monoisotopic (exact) mass is 407 g/mol. The first-order valence-electron chi connectivity index (χ1n) is 10.7. The summed E-state index contributed by atoms with van der Waals surface area (Å²) in [6, 6.07) is 8.37. The number of rotatable bonds is 6. The number of hydrogen-bond donors (Lipinski definition) is 2. The number of aromatic nitrogens is 3. The summed E-state index contributed by atoms with van der Waals surface area (Å²) >= 11 is 0. The van der Waals surface area contributed by atoms with Crippen LogP contribution >= 0.6 is 0 Å². The highest BCUT2D eigenvalue weighted by Gasteiger charge is 2.39. The average Bonchev–Trinajstić information content (AvgIpc) is 3.16. The van der Waals surface area contributed by atoms with Crippen LogP contribution < -0.4 is 15.5 Å². The standard InChI is InChI=1S/C23H30N6O/c1-4-16-9-5-6-11-21(16)29(2,3)22-13-18(17(14-25-22)23(24)30)27-19-15-26-28-12-8-7-10-20(19)28/h7-8,10,12-16,21H,4-6,9,11H2,1-3H3,(H2-,24,25,27,30)/p+1. The number of hydrogen-bond acceptors (Lipinski definition) is 4. The van der Waals surface area contributed by atoms with Crippen molar-refractivity contribution in [3.8, 4) is 0 Å². The minimum absolute atomic E-state index is 0.379. The molecule has 1 aliphatic carbocycles. The van der Waals surface area contributed by atoms with E-state index in [-0.39, 0.29) is 0 Å². The van der Waals surface area contributed by atoms with E-state index in [1.807, 2.05) is 30.5 Å². The molecule has 2 unspecified atom stereocenters. The highest BCUT2D eigenvalue weighted by molar-refractivity contribution is 6.00. The number of amides is 1. The molecular weight excluding hydrogens is 376 g/mol. The van der Waals surface area contributed by atoms with Crippen LogP contribution in [0.3, 0.4) is 0 Å². The van der Waals surface area contributed by atoms with Gasteiger partial charge in [0.05, 0.1) is 48.8 Å². The van der Waals surface area contributed by atoms with Crippen molar-refractivity contribution in [2.45, 2.75) is 45.1 Å². The molecular formula is C23H31N6O+. The van der Waals surface area contributed by atoms with E-state index >= 15 is 0 Å². The van der Waals surface area contributed by atoms with Gasteiger partial charge in [0.1, 0.15) is 0 Å². The maximum absolute atomic E-state index is 12.1. The first-order chi connectivity index (χ1) is 14.4. The molecule has 0 radical (unpaired) electrons. The number of anilines is 2. The lowest BCUT2D eigenvalue weighted by Gasteiger charge is -2.43. The van der Waals surface area contributed by atoms with E-state index in [4.69, 9.17) is 5.73 Å². The quantitative estimate of drug-likeness (QED) is 0.602. The van der Waals surface area contributed by atoms with Gasteiger partial charge in [0.2, 0.25) is 5.82 Å². The minimum atomic E-state index is -0.498. The van der Waals surface area contributed by atoms with Crippen molar-refractivity contribution in [1.82, 2.24) is 19.1 Å². The largest absolute Gasteiger partial charge is 0.365 e. The molecule has 3 aromatic rings. The lowest BCUT2D eigenvalue weighted by molar-refractivity contribution is 0.100. The summed E-state index contributed by atoms with van der Waals surface area (Å²) in [4.78, 5) is 16.8. The zero-order valence-corrected chi connectivity index (χ0v) is 18.0. The average molecular weight is 408 g/mol. The molecule has 0 saturated heterocycles. The Labute approximate surface area is 177 Å². The summed E-state index contributed by atoms with van der Waals surface area (Å²) in [5, 5.41) is 7.76. The van der Waals surface area contributed by atoms with E-state index in [1.54, 1.807) is 16.9 Å². The first-order valence-corrected chi connectivity index (χ1v) is 10.7. The molecule has 1 fully saturated rings. The molecule has 4 rings (SSSR count). The summed E-state index contributed by atoms with van der Waals surface area (Å²) in [6.45, 7) is 2.28. The Kier molecular flexibility index (Phi) is 5.47. The summed E-state index contributed by atoms with van der Waals surface area (Å²) in [6.07, 6.45) is 11.5. The second kappa shape index (κ2) is 8.07. The van der Waals surface area contributed by atoms with Crippen LogP contribution in [-0.4, -0.2) is 40.6 Å². The topological polar surface area (TPSA) is 85.3 Å². The molecule has 0 spiro atoms. The molecule has 1 saturated carbocycles. The fourth-order valence-corrected chi connectivity index (χ4v) is 4.92. The number of nitrogens with one attached hydrogen (secondary N) is 1. The van der Waals surface area contributed by atoms with E-state index in [1.165, 1.54) is 32.1 Å². The third kappa shape index (κ3) is 3.65. The van der Waals surface area contributed by atoms with Crippen LogP contribution in [0.1, 0.15) is 49.4 Å². The van der Waals surface area contributed by atoms with Crippen molar-refractivity contribution >= 4 is 28.6 Å². The molecule has 0 bridgehead atoms. The summed E-state index contributed by atoms with van der Waals surface area (Å²) in [7, 11) is 4.45. The van der Waals surface area contributed by atoms with Crippen molar-refractivity contribution in [2.24, 2.45) is 11.7 Å². The first kappa shape index (κ1) is 20.3. The molecule has 158 valence electrons. The predicted molar refractivity (Wildman–Crippen MR) is 121 cm³/mol. The molecule has 3 heterocycles. The highest BCUT2D eigenvalue weighted by atomic mass is 16.1. The zero-order chi connectivity index (χ0) is 21.3. The SMILES string of the molecule is CCC1CCCCC1[N+](C)(C)c1cc(Nc2cnn3ccccc23)c(C(N)=O)cn1. The van der Waals surface area contributed by atoms with Gasteiger partial charge in [0, 0.05) is 30.8 Å². The van der Waals surface area contributed by atoms with Crippen molar-refractivity contribution < 1.29 is 4.79 Å². The van der Waals surface area contributed by atoms with Crippen molar-refractivity contribution in [1.29, 1.82) is 0 Å². The number of nitrogens with zero attached hydrogens (tertiary/aromatic N) is 4. The molecule has 0 aromatic carbocycles. The number of carbonyl (C=O) groups is 1. The van der Waals surface area contributed by atoms with Gasteiger partial charge in [0.25, 0.3) is 5.91 Å². The molecule has 7 heteroatoms. The van der Waals surface area contributed by atoms with Crippen LogP contribution in [0.2, 0.25) is 0 Å². The molecule has 7 nitrogen and oxygen atoms in total. The zero-order valence-electron chi connectivity index (χ0n) is 18.0. The lowest BCUT2D eigenvalue weighted by atomic mass is 9.81. The lowest BCUT2D eigenvalue weighted by Crippen LogP contribution is -2.55. The molecule has 0 aliphatic heterocycles. The third-order valence-corrected chi connectivity index (χ3v) is 6.66. The number of nitrogens with two attached hydrogens (primary N) is 1. The Balaban J connectivity index is 1.73. The Morgan fingerprint density at radius 1 is 1.23 bits per heavy atom. The predicted octanol–water partition coefficient (Wildman–Crippen LogP) is 4.11. The van der Waals surface area contributed by atoms with E-state index in [2.05, 4.69) is 36.4 Å². The van der Waals surface area contributed by atoms with E-state index in [0.29, 0.717) is 27.7 Å². The van der Waals surface area contributed by atoms with Gasteiger partial charge in [-0.25, -0.2) is 9.50 Å². The van der Waals surface area contributed by atoms with Gasteiger partial charge in [0.15, 0.2) is 0 Å². The van der Waals surface area contributed by atoms with Crippen molar-refractivity contribution in [3.63, 3.8) is 0 Å². The third-order valence-electron chi connectivity index (χ3n) is 6.66. The smallest absolute Gasteiger partial charge is 0.252 e. The van der Waals surface area contributed by atoms with E-state index in [9.17, 15) is 4.79 Å². The number of fused-ring (bicyclic) bond motifs is 1. The van der Waals surface area contributed by atoms with Gasteiger partial charge < -0.3 is 11.1 Å². The summed E-state index contributed by atoms with van der Waals surface area (Å²) < 4.78 is 2.49. The molecule has 30 heavy (non-hydrogen) atoms. The van der Waals surface area contributed by atoms with Crippen molar-refractivity contribution in [2.75, 3.05) is 19.4 Å². The number of carbonyl (C=O) groups excluding carboxylic acids is 1. The van der Waals surface area contributed by atoms with E-state index in [0.717, 1.165) is 17.0 Å². The van der Waals surface area contributed by atoms with Crippen LogP contribution in [0.5, 0.6) is 0 Å².